The summed E-state index contributed by atoms with van der Waals surface area (Å²) in [6, 6.07) is 12.3. The molecule has 0 spiro atoms. The molecule has 182 valence electrons. The van der Waals surface area contributed by atoms with Crippen molar-refractivity contribution >= 4 is 34.4 Å². The van der Waals surface area contributed by atoms with Crippen molar-refractivity contribution in [1.29, 1.82) is 0 Å². The second-order valence-corrected chi connectivity index (χ2v) is 10.00. The molecule has 2 N–H and O–H groups in total. The number of carbonyl (C=O) groups is 2. The van der Waals surface area contributed by atoms with E-state index >= 15 is 0 Å². The van der Waals surface area contributed by atoms with Gasteiger partial charge in [-0.3, -0.25) is 4.79 Å². The fraction of sp³-hybridized carbons (Fsp3) is 0.379. The summed E-state index contributed by atoms with van der Waals surface area (Å²) in [5.74, 6) is -0.333. The molecule has 5 heteroatoms. The molecule has 0 aliphatic rings. The second kappa shape index (κ2) is 14.5. The molecule has 0 bridgehead atoms. The number of benzene rings is 2. The van der Waals surface area contributed by atoms with Crippen molar-refractivity contribution < 1.29 is 14.7 Å². The van der Waals surface area contributed by atoms with Crippen molar-refractivity contribution in [1.82, 2.24) is 5.32 Å². The molecule has 1 atom stereocenters. The van der Waals surface area contributed by atoms with Crippen molar-refractivity contribution in [3.05, 3.63) is 83.0 Å². The third kappa shape index (κ3) is 10.0. The largest absolute Gasteiger partial charge is 0.480 e. The zero-order chi connectivity index (χ0) is 24.9. The van der Waals surface area contributed by atoms with Crippen LogP contribution >= 0.6 is 11.8 Å². The molecule has 0 aliphatic carbocycles. The maximum absolute atomic E-state index is 12.6. The fourth-order valence-corrected chi connectivity index (χ4v) is 4.47. The number of hydrogen-bond acceptors (Lipinski definition) is 3. The van der Waals surface area contributed by atoms with Crippen LogP contribution in [0.15, 0.2) is 77.4 Å². The molecule has 1 amide bonds. The Kier molecular flexibility index (Phi) is 11.7. The first kappa shape index (κ1) is 27.5. The SMILES string of the molecule is CC(C)=CCC/C(C)=C/CC/C(C)=C/CSC[C@H](NC(=O)c1ccc2ccccc2c1)C(=O)O. The highest BCUT2D eigenvalue weighted by Crippen LogP contribution is 2.16. The van der Waals surface area contributed by atoms with Crippen molar-refractivity contribution in [3.63, 3.8) is 0 Å². The zero-order valence-electron chi connectivity index (χ0n) is 20.8. The number of thioether (sulfide) groups is 1. The molecule has 0 radical (unpaired) electrons. The van der Waals surface area contributed by atoms with Crippen LogP contribution in [-0.4, -0.2) is 34.5 Å². The predicted molar refractivity (Wildman–Crippen MR) is 146 cm³/mol. The van der Waals surface area contributed by atoms with Gasteiger partial charge in [0, 0.05) is 17.1 Å². The lowest BCUT2D eigenvalue weighted by atomic mass is 10.1. The fourth-order valence-electron chi connectivity index (χ4n) is 3.47. The van der Waals surface area contributed by atoms with Gasteiger partial charge in [0.1, 0.15) is 6.04 Å². The predicted octanol–water partition coefficient (Wildman–Crippen LogP) is 7.18. The topological polar surface area (TPSA) is 66.4 Å². The first-order valence-electron chi connectivity index (χ1n) is 11.8. The van der Waals surface area contributed by atoms with Gasteiger partial charge < -0.3 is 10.4 Å². The molecule has 0 saturated carbocycles. The summed E-state index contributed by atoms with van der Waals surface area (Å²) >= 11 is 1.52. The van der Waals surface area contributed by atoms with Gasteiger partial charge in [-0.2, -0.15) is 11.8 Å². The van der Waals surface area contributed by atoms with Gasteiger partial charge >= 0.3 is 5.97 Å². The average molecular weight is 480 g/mol. The van der Waals surface area contributed by atoms with Crippen LogP contribution in [0.1, 0.15) is 63.7 Å². The van der Waals surface area contributed by atoms with Crippen molar-refractivity contribution in [2.75, 3.05) is 11.5 Å². The lowest BCUT2D eigenvalue weighted by Gasteiger charge is -2.14. The van der Waals surface area contributed by atoms with E-state index in [0.717, 1.165) is 42.2 Å². The molecule has 0 saturated heterocycles. The Morgan fingerprint density at radius 2 is 1.56 bits per heavy atom. The van der Waals surface area contributed by atoms with E-state index in [9.17, 15) is 14.7 Å². The van der Waals surface area contributed by atoms with Crippen LogP contribution in [0, 0.1) is 0 Å². The number of nitrogens with one attached hydrogen (secondary N) is 1. The Hall–Kier alpha value is -2.79. The van der Waals surface area contributed by atoms with E-state index < -0.39 is 12.0 Å². The minimum atomic E-state index is -1.02. The number of fused-ring (bicyclic) bond motifs is 1. The minimum Gasteiger partial charge on any atom is -0.480 e. The van der Waals surface area contributed by atoms with Gasteiger partial charge in [-0.05, 0) is 76.3 Å². The van der Waals surface area contributed by atoms with Crippen molar-refractivity contribution in [3.8, 4) is 0 Å². The summed E-state index contributed by atoms with van der Waals surface area (Å²) in [4.78, 5) is 24.3. The van der Waals surface area contributed by atoms with Gasteiger partial charge in [-0.25, -0.2) is 4.79 Å². The summed E-state index contributed by atoms with van der Waals surface area (Å²) < 4.78 is 0. The second-order valence-electron chi connectivity index (χ2n) is 8.92. The first-order chi connectivity index (χ1) is 16.3. The van der Waals surface area contributed by atoms with Crippen LogP contribution in [0.4, 0.5) is 0 Å². The lowest BCUT2D eigenvalue weighted by molar-refractivity contribution is -0.138. The lowest BCUT2D eigenvalue weighted by Crippen LogP contribution is -2.42. The van der Waals surface area contributed by atoms with Gasteiger partial charge in [0.05, 0.1) is 0 Å². The van der Waals surface area contributed by atoms with Gasteiger partial charge in [0.2, 0.25) is 0 Å². The molecule has 0 unspecified atom stereocenters. The molecule has 0 heterocycles. The van der Waals surface area contributed by atoms with E-state index in [-0.39, 0.29) is 5.91 Å². The van der Waals surface area contributed by atoms with E-state index in [1.165, 1.54) is 28.5 Å². The number of rotatable bonds is 13. The van der Waals surface area contributed by atoms with Crippen LogP contribution in [0.2, 0.25) is 0 Å². The van der Waals surface area contributed by atoms with Crippen LogP contribution < -0.4 is 5.32 Å². The van der Waals surface area contributed by atoms with Crippen LogP contribution in [0.3, 0.4) is 0 Å². The normalized spacial score (nSPS) is 12.9. The molecule has 0 aliphatic heterocycles. The van der Waals surface area contributed by atoms with E-state index in [1.54, 1.807) is 12.1 Å². The number of amides is 1. The van der Waals surface area contributed by atoms with Crippen LogP contribution in [0.5, 0.6) is 0 Å². The summed E-state index contributed by atoms with van der Waals surface area (Å²) in [5, 5.41) is 14.2. The maximum atomic E-state index is 12.6. The van der Waals surface area contributed by atoms with E-state index in [1.807, 2.05) is 30.3 Å². The van der Waals surface area contributed by atoms with Gasteiger partial charge in [0.15, 0.2) is 0 Å². The zero-order valence-corrected chi connectivity index (χ0v) is 21.6. The number of carboxylic acid groups (broad SMARTS) is 1. The first-order valence-corrected chi connectivity index (χ1v) is 13.0. The molecule has 2 aromatic carbocycles. The number of allylic oxidation sites excluding steroid dienone is 5. The van der Waals surface area contributed by atoms with E-state index in [0.29, 0.717) is 11.3 Å². The molecule has 0 aromatic heterocycles. The quantitative estimate of drug-likeness (QED) is 0.236. The van der Waals surface area contributed by atoms with Crippen LogP contribution in [0.25, 0.3) is 10.8 Å². The smallest absolute Gasteiger partial charge is 0.327 e. The molecule has 4 nitrogen and oxygen atoms in total. The molecule has 2 aromatic rings. The molecule has 2 rings (SSSR count). The van der Waals surface area contributed by atoms with E-state index in [4.69, 9.17) is 0 Å². The number of carbonyl (C=O) groups excluding carboxylic acids is 1. The average Bonchev–Trinajstić information content (AvgIpc) is 2.80. The Bertz CT molecular complexity index is 1060. The minimum absolute atomic E-state index is 0.321. The van der Waals surface area contributed by atoms with Crippen molar-refractivity contribution in [2.45, 2.75) is 59.4 Å². The Morgan fingerprint density at radius 3 is 2.24 bits per heavy atom. The molecule has 0 fully saturated rings. The molecular formula is C29H37NO3S. The van der Waals surface area contributed by atoms with Gasteiger partial charge in [0.25, 0.3) is 5.91 Å². The Balaban J connectivity index is 1.78. The summed E-state index contributed by atoms with van der Waals surface area (Å²) in [7, 11) is 0. The van der Waals surface area contributed by atoms with Crippen molar-refractivity contribution in [2.24, 2.45) is 0 Å². The third-order valence-corrected chi connectivity index (χ3v) is 6.54. The highest BCUT2D eigenvalue weighted by Gasteiger charge is 2.20. The third-order valence-electron chi connectivity index (χ3n) is 5.57. The molecule has 34 heavy (non-hydrogen) atoms. The van der Waals surface area contributed by atoms with Gasteiger partial charge in [-0.1, -0.05) is 65.3 Å². The van der Waals surface area contributed by atoms with Crippen LogP contribution in [-0.2, 0) is 4.79 Å². The molecular weight excluding hydrogens is 442 g/mol. The standard InChI is InChI=1S/C29H37NO3S/c1-21(2)9-7-10-22(3)11-8-12-23(4)17-18-34-20-27(29(32)33)30-28(31)26-16-15-24-13-5-6-14-25(24)19-26/h5-6,9,11,13-17,19,27H,7-8,10,12,18,20H2,1-4H3,(H,30,31)(H,32,33)/b22-11+,23-17+/t27-/m0/s1. The summed E-state index contributed by atoms with van der Waals surface area (Å²) in [6.07, 6.45) is 11.0. The highest BCUT2D eigenvalue weighted by molar-refractivity contribution is 7.99. The number of carboxylic acids is 1. The summed E-state index contributed by atoms with van der Waals surface area (Å²) in [6.45, 7) is 8.56. The number of hydrogen-bond donors (Lipinski definition) is 2. The monoisotopic (exact) mass is 479 g/mol. The van der Waals surface area contributed by atoms with E-state index in [2.05, 4.69) is 51.2 Å². The highest BCUT2D eigenvalue weighted by atomic mass is 32.2. The summed E-state index contributed by atoms with van der Waals surface area (Å²) in [5.41, 5.74) is 4.55. The Labute approximate surface area is 208 Å². The van der Waals surface area contributed by atoms with Gasteiger partial charge in [-0.15, -0.1) is 0 Å². The Morgan fingerprint density at radius 1 is 0.912 bits per heavy atom. The maximum Gasteiger partial charge on any atom is 0.327 e. The number of aliphatic carboxylic acids is 1.